The zero-order valence-corrected chi connectivity index (χ0v) is 18.0. The second-order valence-electron chi connectivity index (χ2n) is 8.18. The van der Waals surface area contributed by atoms with Crippen molar-refractivity contribution in [1.29, 1.82) is 0 Å². The maximum Gasteiger partial charge on any atom is 0.247 e. The van der Waals surface area contributed by atoms with E-state index in [4.69, 9.17) is 14.2 Å². The minimum Gasteiger partial charge on any atom is -0.504 e. The molecule has 1 saturated carbocycles. The lowest BCUT2D eigenvalue weighted by Gasteiger charge is -2.41. The van der Waals surface area contributed by atoms with Crippen molar-refractivity contribution in [3.63, 3.8) is 0 Å². The van der Waals surface area contributed by atoms with Gasteiger partial charge in [-0.2, -0.15) is 0 Å². The molecule has 33 heavy (non-hydrogen) atoms. The lowest BCUT2D eigenvalue weighted by molar-refractivity contribution is -0.155. The van der Waals surface area contributed by atoms with Gasteiger partial charge < -0.3 is 40.0 Å². The zero-order chi connectivity index (χ0) is 23.5. The number of rotatable bonds is 6. The second-order valence-corrected chi connectivity index (χ2v) is 8.18. The van der Waals surface area contributed by atoms with Crippen molar-refractivity contribution in [2.75, 3.05) is 6.79 Å². The molecular weight excluding hydrogens is 430 g/mol. The number of benzene rings is 2. The smallest absolute Gasteiger partial charge is 0.247 e. The summed E-state index contributed by atoms with van der Waals surface area (Å²) in [5.74, 6) is -0.306. The highest BCUT2D eigenvalue weighted by molar-refractivity contribution is 5.97. The minimum absolute atomic E-state index is 0.0708. The van der Waals surface area contributed by atoms with Crippen molar-refractivity contribution in [3.8, 4) is 11.5 Å². The summed E-state index contributed by atoms with van der Waals surface area (Å²) in [7, 11) is 0. The summed E-state index contributed by atoms with van der Waals surface area (Å²) in [6.07, 6.45) is -4.14. The predicted molar refractivity (Wildman–Crippen MR) is 117 cm³/mol. The van der Waals surface area contributed by atoms with Crippen molar-refractivity contribution in [3.05, 3.63) is 65.2 Å². The molecular formula is C24H27NO8. The summed E-state index contributed by atoms with van der Waals surface area (Å²) in [6.45, 7) is 1.76. The van der Waals surface area contributed by atoms with Crippen LogP contribution in [-0.4, -0.2) is 69.7 Å². The first-order valence-electron chi connectivity index (χ1n) is 10.6. The minimum atomic E-state index is -1.43. The van der Waals surface area contributed by atoms with E-state index in [0.29, 0.717) is 17.9 Å². The number of phenols is 1. The second kappa shape index (κ2) is 9.90. The third-order valence-electron chi connectivity index (χ3n) is 5.86. The van der Waals surface area contributed by atoms with Crippen LogP contribution in [0, 0.1) is 0 Å². The van der Waals surface area contributed by atoms with Crippen LogP contribution in [-0.2, 0) is 20.9 Å². The van der Waals surface area contributed by atoms with Crippen molar-refractivity contribution in [2.45, 2.75) is 50.1 Å². The molecule has 2 aromatic rings. The Bertz CT molecular complexity index is 1010. The monoisotopic (exact) mass is 457 g/mol. The summed E-state index contributed by atoms with van der Waals surface area (Å²) < 4.78 is 16.1. The molecule has 9 nitrogen and oxygen atoms in total. The molecule has 6 atom stereocenters. The molecule has 0 bridgehead atoms. The van der Waals surface area contributed by atoms with Gasteiger partial charge in [0.15, 0.2) is 11.5 Å². The van der Waals surface area contributed by atoms with Gasteiger partial charge in [0, 0.05) is 5.57 Å². The largest absolute Gasteiger partial charge is 0.504 e. The van der Waals surface area contributed by atoms with Gasteiger partial charge >= 0.3 is 0 Å². The number of nitrogens with one attached hydrogen (secondary N) is 1. The van der Waals surface area contributed by atoms with E-state index in [9.17, 15) is 25.2 Å². The number of aromatic hydroxyl groups is 1. The van der Waals surface area contributed by atoms with E-state index >= 15 is 0 Å². The highest BCUT2D eigenvalue weighted by atomic mass is 16.7. The van der Waals surface area contributed by atoms with Crippen LogP contribution in [0.15, 0.2) is 54.1 Å². The fourth-order valence-corrected chi connectivity index (χ4v) is 4.02. The summed E-state index contributed by atoms with van der Waals surface area (Å²) in [5.41, 5.74) is 1.79. The van der Waals surface area contributed by atoms with Crippen LogP contribution in [0.4, 0.5) is 0 Å². The molecule has 9 heteroatoms. The van der Waals surface area contributed by atoms with Gasteiger partial charge in [0.25, 0.3) is 0 Å². The van der Waals surface area contributed by atoms with Crippen LogP contribution in [0.5, 0.6) is 11.5 Å². The number of amides is 1. The highest BCUT2D eigenvalue weighted by Crippen LogP contribution is 2.31. The van der Waals surface area contributed by atoms with Gasteiger partial charge in [-0.15, -0.1) is 0 Å². The topological polar surface area (TPSA) is 138 Å². The molecule has 0 spiro atoms. The first-order chi connectivity index (χ1) is 15.8. The van der Waals surface area contributed by atoms with Crippen molar-refractivity contribution in [1.82, 2.24) is 5.32 Å². The molecule has 1 amide bonds. The van der Waals surface area contributed by atoms with Gasteiger partial charge in [0.2, 0.25) is 5.91 Å². The van der Waals surface area contributed by atoms with Crippen molar-refractivity contribution >= 4 is 12.0 Å². The molecule has 0 aromatic heterocycles. The van der Waals surface area contributed by atoms with Gasteiger partial charge in [-0.05, 0) is 36.3 Å². The third kappa shape index (κ3) is 5.02. The number of carbonyl (C=O) groups is 1. The number of fused-ring (bicyclic) bond motifs is 1. The number of carbonyl (C=O) groups excluding carboxylic acids is 1. The molecule has 176 valence electrons. The number of hydrogen-bond donors (Lipinski definition) is 5. The first-order valence-corrected chi connectivity index (χ1v) is 10.6. The number of phenolic OH excluding ortho intramolecular Hbond substituents is 1. The lowest BCUT2D eigenvalue weighted by Crippen LogP contribution is -2.67. The number of aliphatic hydroxyl groups excluding tert-OH is 3. The fourth-order valence-electron chi connectivity index (χ4n) is 4.02. The lowest BCUT2D eigenvalue weighted by atomic mass is 9.83. The van der Waals surface area contributed by atoms with Crippen LogP contribution in [0.2, 0.25) is 0 Å². The molecule has 1 saturated heterocycles. The Labute approximate surface area is 190 Å². The Kier molecular flexibility index (Phi) is 6.96. The summed E-state index contributed by atoms with van der Waals surface area (Å²) in [6, 6.07) is 13.2. The summed E-state index contributed by atoms with van der Waals surface area (Å²) in [5, 5.41) is 43.9. The van der Waals surface area contributed by atoms with Crippen molar-refractivity contribution < 1.29 is 39.4 Å². The maximum absolute atomic E-state index is 12.7. The average molecular weight is 457 g/mol. The molecule has 1 heterocycles. The Morgan fingerprint density at radius 2 is 1.76 bits per heavy atom. The molecule has 5 N–H and O–H groups in total. The highest BCUT2D eigenvalue weighted by Gasteiger charge is 2.53. The third-order valence-corrected chi connectivity index (χ3v) is 5.86. The molecule has 0 unspecified atom stereocenters. The Morgan fingerprint density at radius 1 is 1.06 bits per heavy atom. The van der Waals surface area contributed by atoms with Gasteiger partial charge in [0.05, 0.1) is 6.04 Å². The first kappa shape index (κ1) is 23.2. The van der Waals surface area contributed by atoms with Gasteiger partial charge in [-0.25, -0.2) is 0 Å². The Hall–Kier alpha value is -2.95. The number of aliphatic hydroxyl groups is 3. The van der Waals surface area contributed by atoms with Crippen LogP contribution >= 0.6 is 0 Å². The average Bonchev–Trinajstić information content (AvgIpc) is 3.31. The molecule has 0 radical (unpaired) electrons. The standard InChI is InChI=1S/C24H27NO8/c1-13(24(30)25-18-19(27)21(29)23-22(20(18)28)32-12-33-23)9-15-7-8-17(16(26)10-15)31-11-14-5-3-2-4-6-14/h2-10,18-23,26-29H,11-12H2,1H3,(H,25,30)/b13-9+/t18-,19+,20-,21-,22+,23-/m1/s1. The quantitative estimate of drug-likeness (QED) is 0.400. The zero-order valence-electron chi connectivity index (χ0n) is 18.0. The van der Waals surface area contributed by atoms with Crippen LogP contribution in [0.3, 0.4) is 0 Å². The molecule has 2 aromatic carbocycles. The molecule has 1 aliphatic carbocycles. The predicted octanol–water partition coefficient (Wildman–Crippen LogP) is 0.697. The van der Waals surface area contributed by atoms with Gasteiger partial charge in [0.1, 0.15) is 43.9 Å². The van der Waals surface area contributed by atoms with E-state index in [1.807, 2.05) is 30.3 Å². The van der Waals surface area contributed by atoms with E-state index in [1.165, 1.54) is 6.07 Å². The fraction of sp³-hybridized carbons (Fsp3) is 0.375. The Balaban J connectivity index is 1.40. The summed E-state index contributed by atoms with van der Waals surface area (Å²) >= 11 is 0. The molecule has 1 aliphatic heterocycles. The Morgan fingerprint density at radius 3 is 2.45 bits per heavy atom. The normalized spacial score (nSPS) is 29.4. The molecule has 2 aliphatic rings. The number of hydrogen-bond acceptors (Lipinski definition) is 8. The van der Waals surface area contributed by atoms with E-state index in [1.54, 1.807) is 25.1 Å². The van der Waals surface area contributed by atoms with E-state index in [-0.39, 0.29) is 18.1 Å². The van der Waals surface area contributed by atoms with E-state index in [2.05, 4.69) is 5.32 Å². The number of ether oxygens (including phenoxy) is 3. The molecule has 4 rings (SSSR count). The summed E-state index contributed by atoms with van der Waals surface area (Å²) in [4.78, 5) is 12.7. The maximum atomic E-state index is 12.7. The van der Waals surface area contributed by atoms with Crippen LogP contribution < -0.4 is 10.1 Å². The van der Waals surface area contributed by atoms with E-state index < -0.39 is 42.5 Å². The van der Waals surface area contributed by atoms with E-state index in [0.717, 1.165) is 5.56 Å². The van der Waals surface area contributed by atoms with Crippen molar-refractivity contribution in [2.24, 2.45) is 0 Å². The van der Waals surface area contributed by atoms with Gasteiger partial charge in [-0.3, -0.25) is 4.79 Å². The van der Waals surface area contributed by atoms with Crippen LogP contribution in [0.25, 0.3) is 6.08 Å². The van der Waals surface area contributed by atoms with Gasteiger partial charge in [-0.1, -0.05) is 36.4 Å². The van der Waals surface area contributed by atoms with Crippen LogP contribution in [0.1, 0.15) is 18.1 Å². The molecule has 2 fully saturated rings. The SMILES string of the molecule is C/C(=C\c1ccc(OCc2ccccc2)c(O)c1)C(=O)N[C@@H]1[C@H](O)[C@@H](O)[C@H]2OCO[C@H]2[C@@H]1O.